The third-order valence-corrected chi connectivity index (χ3v) is 9.79. The van der Waals surface area contributed by atoms with Gasteiger partial charge in [0.1, 0.15) is 0 Å². The quantitative estimate of drug-likeness (QED) is 0.521. The molecule has 3 aliphatic heterocycles. The van der Waals surface area contributed by atoms with Gasteiger partial charge in [-0.25, -0.2) is 0 Å². The molecule has 4 heterocycles. The SMILES string of the molecule is Cn1nc(C2CCC(=O)NC2=O)c2ccc(N3CCC4(CC3)Cc3ccc(C5CCNCC5)cc3C4)cc21. The number of anilines is 1. The van der Waals surface area contributed by atoms with E-state index in [4.69, 9.17) is 5.10 Å². The molecule has 2 N–H and O–H groups in total. The minimum atomic E-state index is -0.364. The van der Waals surface area contributed by atoms with E-state index in [-0.39, 0.29) is 17.7 Å². The summed E-state index contributed by atoms with van der Waals surface area (Å²) in [6.45, 7) is 4.42. The Bertz CT molecular complexity index is 1410. The summed E-state index contributed by atoms with van der Waals surface area (Å²) in [4.78, 5) is 26.6. The molecule has 0 saturated carbocycles. The minimum Gasteiger partial charge on any atom is -0.371 e. The maximum atomic E-state index is 12.5. The van der Waals surface area contributed by atoms with Gasteiger partial charge in [-0.05, 0) is 104 Å². The lowest BCUT2D eigenvalue weighted by Crippen LogP contribution is -2.40. The highest BCUT2D eigenvalue weighted by Crippen LogP contribution is 2.46. The molecule has 1 aliphatic carbocycles. The van der Waals surface area contributed by atoms with E-state index in [9.17, 15) is 9.59 Å². The molecule has 1 unspecified atom stereocenters. The molecular formula is C31H37N5O2. The summed E-state index contributed by atoms with van der Waals surface area (Å²) in [6, 6.07) is 13.9. The topological polar surface area (TPSA) is 79.3 Å². The molecule has 1 spiro atoms. The van der Waals surface area contributed by atoms with Crippen LogP contribution in [0.25, 0.3) is 10.9 Å². The molecule has 1 atom stereocenters. The average Bonchev–Trinajstić information content (AvgIpc) is 3.45. The zero-order chi connectivity index (χ0) is 25.9. The van der Waals surface area contributed by atoms with Gasteiger partial charge in [-0.1, -0.05) is 18.2 Å². The lowest BCUT2D eigenvalue weighted by atomic mass is 9.76. The van der Waals surface area contributed by atoms with Gasteiger partial charge in [-0.2, -0.15) is 5.10 Å². The Morgan fingerprint density at radius 2 is 1.74 bits per heavy atom. The van der Waals surface area contributed by atoms with Crippen molar-refractivity contribution >= 4 is 28.4 Å². The molecule has 0 radical (unpaired) electrons. The molecule has 7 heteroatoms. The number of nitrogens with zero attached hydrogens (tertiary/aromatic N) is 3. The number of nitrogens with one attached hydrogen (secondary N) is 2. The third-order valence-electron chi connectivity index (χ3n) is 9.79. The van der Waals surface area contributed by atoms with Gasteiger partial charge in [-0.3, -0.25) is 19.6 Å². The zero-order valence-electron chi connectivity index (χ0n) is 22.3. The molecule has 3 saturated heterocycles. The summed E-state index contributed by atoms with van der Waals surface area (Å²) in [7, 11) is 1.94. The van der Waals surface area contributed by atoms with E-state index in [2.05, 4.69) is 51.9 Å². The van der Waals surface area contributed by atoms with Crippen molar-refractivity contribution in [3.8, 4) is 0 Å². The minimum absolute atomic E-state index is 0.191. The van der Waals surface area contributed by atoms with Crippen molar-refractivity contribution in [2.75, 3.05) is 31.1 Å². The number of hydrogen-bond acceptors (Lipinski definition) is 5. The number of imide groups is 1. The summed E-state index contributed by atoms with van der Waals surface area (Å²) in [5.74, 6) is -0.0648. The van der Waals surface area contributed by atoms with E-state index >= 15 is 0 Å². The Morgan fingerprint density at radius 3 is 2.53 bits per heavy atom. The van der Waals surface area contributed by atoms with Crippen molar-refractivity contribution in [1.82, 2.24) is 20.4 Å². The van der Waals surface area contributed by atoms with Gasteiger partial charge < -0.3 is 10.2 Å². The fourth-order valence-electron chi connectivity index (χ4n) is 7.54. The molecule has 198 valence electrons. The van der Waals surface area contributed by atoms with Crippen molar-refractivity contribution in [1.29, 1.82) is 0 Å². The molecule has 38 heavy (non-hydrogen) atoms. The predicted molar refractivity (Wildman–Crippen MR) is 148 cm³/mol. The molecule has 4 aliphatic rings. The number of piperidine rings is 3. The first-order valence-corrected chi connectivity index (χ1v) is 14.4. The number of carbonyl (C=O) groups excluding carboxylic acids is 2. The Hall–Kier alpha value is -3.19. The first-order chi connectivity index (χ1) is 18.5. The molecule has 3 fully saturated rings. The number of fused-ring (bicyclic) bond motifs is 2. The summed E-state index contributed by atoms with van der Waals surface area (Å²) in [5, 5.41) is 11.7. The number of rotatable bonds is 3. The van der Waals surface area contributed by atoms with E-state index in [0.717, 1.165) is 48.7 Å². The molecule has 3 aromatic rings. The zero-order valence-corrected chi connectivity index (χ0v) is 22.3. The normalized spacial score (nSPS) is 23.7. The van der Waals surface area contributed by atoms with Crippen LogP contribution in [-0.2, 0) is 29.5 Å². The highest BCUT2D eigenvalue weighted by molar-refractivity contribution is 6.02. The standard InChI is InChI=1S/C31H37N5O2/c1-35-27-17-24(4-5-25(27)29(34-35)26-6-7-28(37)33-30(26)38)36-14-10-31(11-15-36)18-22-3-2-21(16-23(22)19-31)20-8-12-32-13-9-20/h2-5,16-17,20,26,32H,6-15,18-19H2,1H3,(H,33,37,38). The highest BCUT2D eigenvalue weighted by atomic mass is 16.2. The van der Waals surface area contributed by atoms with Gasteiger partial charge in [0.15, 0.2) is 0 Å². The predicted octanol–water partition coefficient (Wildman–Crippen LogP) is 3.95. The van der Waals surface area contributed by atoms with Gasteiger partial charge >= 0.3 is 0 Å². The van der Waals surface area contributed by atoms with Crippen molar-refractivity contribution in [2.45, 2.75) is 63.2 Å². The summed E-state index contributed by atoms with van der Waals surface area (Å²) >= 11 is 0. The maximum Gasteiger partial charge on any atom is 0.235 e. The summed E-state index contributed by atoms with van der Waals surface area (Å²) < 4.78 is 1.89. The maximum absolute atomic E-state index is 12.5. The lowest BCUT2D eigenvalue weighted by Gasteiger charge is -2.40. The van der Waals surface area contributed by atoms with Crippen LogP contribution in [-0.4, -0.2) is 47.8 Å². The van der Waals surface area contributed by atoms with Crippen LogP contribution in [0.5, 0.6) is 0 Å². The molecule has 1 aromatic heterocycles. The smallest absolute Gasteiger partial charge is 0.235 e. The monoisotopic (exact) mass is 511 g/mol. The first kappa shape index (κ1) is 23.9. The third kappa shape index (κ3) is 4.12. The molecule has 2 aromatic carbocycles. The number of benzene rings is 2. The van der Waals surface area contributed by atoms with Gasteiger partial charge in [0, 0.05) is 37.6 Å². The van der Waals surface area contributed by atoms with Crippen molar-refractivity contribution < 1.29 is 9.59 Å². The Balaban J connectivity index is 1.06. The number of aryl methyl sites for hydroxylation is 1. The second-order valence-corrected chi connectivity index (χ2v) is 12.1. The largest absolute Gasteiger partial charge is 0.371 e. The van der Waals surface area contributed by atoms with Crippen molar-refractivity contribution in [2.24, 2.45) is 12.5 Å². The van der Waals surface area contributed by atoms with Crippen LogP contribution < -0.4 is 15.5 Å². The van der Waals surface area contributed by atoms with E-state index in [0.29, 0.717) is 18.3 Å². The molecule has 7 rings (SSSR count). The van der Waals surface area contributed by atoms with E-state index in [1.165, 1.54) is 44.2 Å². The van der Waals surface area contributed by atoms with Gasteiger partial charge in [-0.15, -0.1) is 0 Å². The lowest BCUT2D eigenvalue weighted by molar-refractivity contribution is -0.134. The highest BCUT2D eigenvalue weighted by Gasteiger charge is 2.40. The number of carbonyl (C=O) groups is 2. The van der Waals surface area contributed by atoms with Crippen LogP contribution in [0.15, 0.2) is 36.4 Å². The van der Waals surface area contributed by atoms with Crippen LogP contribution >= 0.6 is 0 Å². The Morgan fingerprint density at radius 1 is 0.947 bits per heavy atom. The Labute approximate surface area is 224 Å². The Kier molecular flexibility index (Phi) is 5.80. The second-order valence-electron chi connectivity index (χ2n) is 12.1. The molecule has 2 amide bonds. The van der Waals surface area contributed by atoms with Crippen LogP contribution in [0.2, 0.25) is 0 Å². The fourth-order valence-corrected chi connectivity index (χ4v) is 7.54. The second kappa shape index (κ2) is 9.23. The van der Waals surface area contributed by atoms with Crippen LogP contribution in [0.3, 0.4) is 0 Å². The van der Waals surface area contributed by atoms with Gasteiger partial charge in [0.05, 0.1) is 17.1 Å². The number of aromatic nitrogens is 2. The van der Waals surface area contributed by atoms with Crippen molar-refractivity contribution in [3.63, 3.8) is 0 Å². The average molecular weight is 512 g/mol. The van der Waals surface area contributed by atoms with Crippen LogP contribution in [0.1, 0.15) is 72.7 Å². The number of amides is 2. The molecule has 0 bridgehead atoms. The van der Waals surface area contributed by atoms with E-state index < -0.39 is 0 Å². The summed E-state index contributed by atoms with van der Waals surface area (Å²) in [6.07, 6.45) is 8.29. The fraction of sp³-hybridized carbons (Fsp3) is 0.516. The number of hydrogen-bond donors (Lipinski definition) is 2. The van der Waals surface area contributed by atoms with E-state index in [1.54, 1.807) is 16.7 Å². The molecule has 7 nitrogen and oxygen atoms in total. The summed E-state index contributed by atoms with van der Waals surface area (Å²) in [5.41, 5.74) is 8.20. The van der Waals surface area contributed by atoms with Crippen LogP contribution in [0.4, 0.5) is 5.69 Å². The van der Waals surface area contributed by atoms with Crippen LogP contribution in [0, 0.1) is 5.41 Å². The van der Waals surface area contributed by atoms with Crippen molar-refractivity contribution in [3.05, 3.63) is 58.8 Å². The van der Waals surface area contributed by atoms with E-state index in [1.807, 2.05) is 11.7 Å². The van der Waals surface area contributed by atoms with Gasteiger partial charge in [0.2, 0.25) is 11.8 Å². The molecular weight excluding hydrogens is 474 g/mol. The first-order valence-electron chi connectivity index (χ1n) is 14.4. The van der Waals surface area contributed by atoms with Gasteiger partial charge in [0.25, 0.3) is 0 Å².